The van der Waals surface area contributed by atoms with Crippen molar-refractivity contribution in [3.05, 3.63) is 64.0 Å². The van der Waals surface area contributed by atoms with Crippen molar-refractivity contribution in [2.75, 3.05) is 11.9 Å². The molecule has 2 N–H and O–H groups in total. The molecular formula is C27H30N8O. The predicted molar refractivity (Wildman–Crippen MR) is 138 cm³/mol. The standard InChI is InChI=1S/C27H30N8O/c1-16(2)34-23(36)19-14-30-25(31-18-4-5-20-17(12-18)13-28-15-27(20)9-10-27)33-22(19)35(34)21-6-11-29-24(32-21)26(3)7-8-26/h4-6,11-12,14,16,28H,7-10,13,15H2,1-3H3,(H,30,31,33). The molecule has 2 saturated carbocycles. The van der Waals surface area contributed by atoms with Gasteiger partial charge in [0, 0.05) is 54.1 Å². The summed E-state index contributed by atoms with van der Waals surface area (Å²) >= 11 is 0. The van der Waals surface area contributed by atoms with Gasteiger partial charge < -0.3 is 10.6 Å². The third-order valence-electron chi connectivity index (χ3n) is 8.08. The van der Waals surface area contributed by atoms with Crippen LogP contribution in [0.5, 0.6) is 0 Å². The SMILES string of the molecule is CC(C)n1c(=O)c2cnc(Nc3ccc4c(c3)CNCC43CC3)nc2n1-c1ccnc(C2(C)CC2)n1. The minimum Gasteiger partial charge on any atom is -0.324 e. The lowest BCUT2D eigenvalue weighted by molar-refractivity contribution is 0.470. The van der Waals surface area contributed by atoms with Gasteiger partial charge in [0.05, 0.1) is 0 Å². The van der Waals surface area contributed by atoms with E-state index in [9.17, 15) is 4.79 Å². The second kappa shape index (κ2) is 7.46. The molecule has 9 heteroatoms. The lowest BCUT2D eigenvalue weighted by atomic mass is 9.88. The van der Waals surface area contributed by atoms with E-state index in [0.717, 1.165) is 37.4 Å². The van der Waals surface area contributed by atoms with E-state index in [2.05, 4.69) is 45.7 Å². The number of aromatic nitrogens is 6. The van der Waals surface area contributed by atoms with Crippen molar-refractivity contribution in [3.63, 3.8) is 0 Å². The Hall–Kier alpha value is -3.59. The van der Waals surface area contributed by atoms with Gasteiger partial charge in [-0.25, -0.2) is 24.3 Å². The maximum absolute atomic E-state index is 13.3. The van der Waals surface area contributed by atoms with Gasteiger partial charge in [0.15, 0.2) is 11.5 Å². The van der Waals surface area contributed by atoms with Crippen LogP contribution in [0.2, 0.25) is 0 Å². The van der Waals surface area contributed by atoms with E-state index in [4.69, 9.17) is 9.97 Å². The van der Waals surface area contributed by atoms with Crippen LogP contribution in [0, 0.1) is 0 Å². The lowest BCUT2D eigenvalue weighted by Gasteiger charge is -2.26. The highest BCUT2D eigenvalue weighted by atomic mass is 16.1. The van der Waals surface area contributed by atoms with E-state index in [1.54, 1.807) is 17.1 Å². The second-order valence-electron chi connectivity index (χ2n) is 11.2. The summed E-state index contributed by atoms with van der Waals surface area (Å²) in [4.78, 5) is 32.0. The average molecular weight is 483 g/mol. The Bertz CT molecular complexity index is 1570. The number of fused-ring (bicyclic) bond motifs is 3. The monoisotopic (exact) mass is 482 g/mol. The van der Waals surface area contributed by atoms with Crippen molar-refractivity contribution >= 4 is 22.7 Å². The first kappa shape index (κ1) is 21.7. The summed E-state index contributed by atoms with van der Waals surface area (Å²) in [5.74, 6) is 1.91. The van der Waals surface area contributed by atoms with Gasteiger partial charge in [-0.05, 0) is 62.8 Å². The van der Waals surface area contributed by atoms with Crippen LogP contribution in [0.1, 0.15) is 69.4 Å². The van der Waals surface area contributed by atoms with Gasteiger partial charge in [-0.1, -0.05) is 13.0 Å². The molecule has 2 aliphatic carbocycles. The molecule has 1 aromatic carbocycles. The van der Waals surface area contributed by atoms with E-state index < -0.39 is 0 Å². The molecule has 0 bridgehead atoms. The van der Waals surface area contributed by atoms with Crippen molar-refractivity contribution < 1.29 is 0 Å². The minimum absolute atomic E-state index is 0.0178. The molecule has 0 saturated heterocycles. The lowest BCUT2D eigenvalue weighted by Crippen LogP contribution is -2.33. The fraction of sp³-hybridized carbons (Fsp3) is 0.444. The highest BCUT2D eigenvalue weighted by Gasteiger charge is 2.46. The molecule has 0 radical (unpaired) electrons. The molecule has 0 atom stereocenters. The molecule has 3 aliphatic rings. The first-order chi connectivity index (χ1) is 17.4. The maximum atomic E-state index is 13.3. The van der Waals surface area contributed by atoms with Crippen LogP contribution in [0.4, 0.5) is 11.6 Å². The number of anilines is 2. The van der Waals surface area contributed by atoms with Crippen molar-refractivity contribution in [2.24, 2.45) is 0 Å². The van der Waals surface area contributed by atoms with Crippen LogP contribution >= 0.6 is 0 Å². The van der Waals surface area contributed by atoms with Gasteiger partial charge in [0.2, 0.25) is 5.95 Å². The van der Waals surface area contributed by atoms with Crippen LogP contribution in [0.25, 0.3) is 16.9 Å². The first-order valence-corrected chi connectivity index (χ1v) is 12.8. The van der Waals surface area contributed by atoms with E-state index in [1.807, 2.05) is 24.6 Å². The molecule has 36 heavy (non-hydrogen) atoms. The summed E-state index contributed by atoms with van der Waals surface area (Å²) in [6.45, 7) is 8.10. The maximum Gasteiger partial charge on any atom is 0.278 e. The Labute approximate surface area is 209 Å². The zero-order valence-corrected chi connectivity index (χ0v) is 20.9. The van der Waals surface area contributed by atoms with Gasteiger partial charge in [-0.3, -0.25) is 4.79 Å². The number of nitrogens with one attached hydrogen (secondary N) is 2. The van der Waals surface area contributed by atoms with Crippen LogP contribution in [-0.2, 0) is 17.4 Å². The van der Waals surface area contributed by atoms with E-state index in [0.29, 0.717) is 28.2 Å². The Morgan fingerprint density at radius 2 is 1.92 bits per heavy atom. The van der Waals surface area contributed by atoms with Gasteiger partial charge in [0.25, 0.3) is 5.56 Å². The minimum atomic E-state index is -0.126. The highest BCUT2D eigenvalue weighted by Crippen LogP contribution is 2.50. The summed E-state index contributed by atoms with van der Waals surface area (Å²) in [5, 5.41) is 7.40. The first-order valence-electron chi connectivity index (χ1n) is 12.8. The smallest absolute Gasteiger partial charge is 0.278 e. The van der Waals surface area contributed by atoms with Gasteiger partial charge in [-0.15, -0.1) is 0 Å². The molecule has 7 rings (SSSR count). The number of hydrogen-bond donors (Lipinski definition) is 2. The molecule has 4 aromatic rings. The quantitative estimate of drug-likeness (QED) is 0.445. The van der Waals surface area contributed by atoms with Crippen LogP contribution < -0.4 is 16.2 Å². The van der Waals surface area contributed by atoms with E-state index >= 15 is 0 Å². The van der Waals surface area contributed by atoms with Crippen molar-refractivity contribution in [2.45, 2.75) is 69.9 Å². The summed E-state index contributed by atoms with van der Waals surface area (Å²) in [6, 6.07) is 8.30. The third kappa shape index (κ3) is 3.29. The van der Waals surface area contributed by atoms with Crippen LogP contribution in [0.15, 0.2) is 41.5 Å². The zero-order valence-electron chi connectivity index (χ0n) is 20.9. The Morgan fingerprint density at radius 3 is 2.67 bits per heavy atom. The molecule has 9 nitrogen and oxygen atoms in total. The normalized spacial score (nSPS) is 19.0. The predicted octanol–water partition coefficient (Wildman–Crippen LogP) is 3.88. The molecule has 1 spiro atoms. The topological polar surface area (TPSA) is 103 Å². The number of hydrogen-bond acceptors (Lipinski definition) is 7. The third-order valence-corrected chi connectivity index (χ3v) is 8.08. The summed E-state index contributed by atoms with van der Waals surface area (Å²) in [5.41, 5.74) is 4.50. The molecular weight excluding hydrogens is 452 g/mol. The number of rotatable bonds is 5. The summed E-state index contributed by atoms with van der Waals surface area (Å²) in [6.07, 6.45) is 8.06. The second-order valence-corrected chi connectivity index (χ2v) is 11.2. The molecule has 2 fully saturated rings. The van der Waals surface area contributed by atoms with Crippen molar-refractivity contribution in [1.82, 2.24) is 34.6 Å². The zero-order chi connectivity index (χ0) is 24.7. The summed E-state index contributed by atoms with van der Waals surface area (Å²) in [7, 11) is 0. The van der Waals surface area contributed by atoms with Gasteiger partial charge >= 0.3 is 0 Å². The Morgan fingerprint density at radius 1 is 1.08 bits per heavy atom. The fourth-order valence-electron chi connectivity index (χ4n) is 5.51. The van der Waals surface area contributed by atoms with Crippen LogP contribution in [0.3, 0.4) is 0 Å². The largest absolute Gasteiger partial charge is 0.324 e. The van der Waals surface area contributed by atoms with Gasteiger partial charge in [-0.2, -0.15) is 4.98 Å². The Kier molecular flexibility index (Phi) is 4.49. The molecule has 1 aliphatic heterocycles. The van der Waals surface area contributed by atoms with E-state index in [1.165, 1.54) is 24.0 Å². The van der Waals surface area contributed by atoms with Crippen molar-refractivity contribution in [3.8, 4) is 5.82 Å². The molecule has 184 valence electrons. The molecule has 3 aromatic heterocycles. The Balaban J connectivity index is 1.31. The summed E-state index contributed by atoms with van der Waals surface area (Å²) < 4.78 is 3.52. The van der Waals surface area contributed by atoms with Crippen LogP contribution in [-0.4, -0.2) is 35.8 Å². The number of nitrogens with zero attached hydrogens (tertiary/aromatic N) is 6. The average Bonchev–Trinajstić information content (AvgIpc) is 3.79. The fourth-order valence-corrected chi connectivity index (χ4v) is 5.51. The number of benzene rings is 1. The van der Waals surface area contributed by atoms with Crippen molar-refractivity contribution in [1.29, 1.82) is 0 Å². The highest BCUT2D eigenvalue weighted by molar-refractivity contribution is 5.77. The van der Waals surface area contributed by atoms with E-state index in [-0.39, 0.29) is 17.0 Å². The van der Waals surface area contributed by atoms with Gasteiger partial charge in [0.1, 0.15) is 11.2 Å². The molecule has 4 heterocycles. The molecule has 0 unspecified atom stereocenters. The molecule has 0 amide bonds.